The number of amides is 1. The van der Waals surface area contributed by atoms with Crippen LogP contribution in [-0.4, -0.2) is 29.3 Å². The van der Waals surface area contributed by atoms with E-state index in [0.29, 0.717) is 30.6 Å². The lowest BCUT2D eigenvalue weighted by Gasteiger charge is -2.25. The van der Waals surface area contributed by atoms with Crippen molar-refractivity contribution in [3.05, 3.63) is 29.8 Å². The summed E-state index contributed by atoms with van der Waals surface area (Å²) in [4.78, 5) is 39.4. The molecule has 1 fully saturated rings. The van der Waals surface area contributed by atoms with Crippen LogP contribution >= 0.6 is 0 Å². The number of fused-ring (bicyclic) bond motifs is 1. The summed E-state index contributed by atoms with van der Waals surface area (Å²) in [5, 5.41) is 9.86. The molecule has 1 unspecified atom stereocenters. The Morgan fingerprint density at radius 1 is 1.27 bits per heavy atom. The molecule has 1 heterocycles. The molecule has 1 aromatic carbocycles. The molecule has 0 radical (unpaired) electrons. The fraction of sp³-hybridized carbons (Fsp3) is 0.471. The fourth-order valence-electron chi connectivity index (χ4n) is 3.81. The van der Waals surface area contributed by atoms with Gasteiger partial charge in [0.1, 0.15) is 0 Å². The van der Waals surface area contributed by atoms with E-state index in [2.05, 4.69) is 0 Å². The molecular formula is C17H19NO4. The molecule has 116 valence electrons. The number of carboxylic acids is 1. The number of likely N-dealkylation sites (N-methyl/N-ethyl adjacent to an activating group) is 1. The fourth-order valence-corrected chi connectivity index (χ4v) is 3.81. The van der Waals surface area contributed by atoms with Crippen molar-refractivity contribution >= 4 is 23.3 Å². The normalized spacial score (nSPS) is 24.6. The summed E-state index contributed by atoms with van der Waals surface area (Å²) in [5.41, 5.74) is -1.18. The molecule has 3 rings (SSSR count). The van der Waals surface area contributed by atoms with Crippen molar-refractivity contribution in [3.63, 3.8) is 0 Å². The van der Waals surface area contributed by atoms with E-state index in [1.165, 1.54) is 4.90 Å². The second-order valence-electron chi connectivity index (χ2n) is 5.97. The van der Waals surface area contributed by atoms with Crippen LogP contribution in [0, 0.1) is 5.92 Å². The number of Topliss-reactive ketones (excluding diaryl/α,β-unsaturated/α-hetero) is 1. The van der Waals surface area contributed by atoms with Crippen molar-refractivity contribution in [1.82, 2.24) is 0 Å². The first kappa shape index (κ1) is 14.8. The lowest BCUT2D eigenvalue weighted by atomic mass is 9.73. The zero-order valence-electron chi connectivity index (χ0n) is 12.5. The van der Waals surface area contributed by atoms with Gasteiger partial charge in [-0.3, -0.25) is 14.4 Å². The number of benzene rings is 1. The molecule has 1 atom stereocenters. The second kappa shape index (κ2) is 5.23. The Balaban J connectivity index is 2.20. The maximum atomic E-state index is 13.0. The SMILES string of the molecule is CCN1C(=O)C(C(=O)O)(C(=O)C2CCCC2)c2ccccc21. The summed E-state index contributed by atoms with van der Waals surface area (Å²) in [6.07, 6.45) is 3.18. The van der Waals surface area contributed by atoms with Crippen LogP contribution in [0.2, 0.25) is 0 Å². The summed E-state index contributed by atoms with van der Waals surface area (Å²) >= 11 is 0. The smallest absolute Gasteiger partial charge is 0.331 e. The number of ketones is 1. The van der Waals surface area contributed by atoms with Crippen molar-refractivity contribution in [2.75, 3.05) is 11.4 Å². The number of nitrogens with zero attached hydrogens (tertiary/aromatic N) is 1. The van der Waals surface area contributed by atoms with E-state index in [0.717, 1.165) is 12.8 Å². The highest BCUT2D eigenvalue weighted by Crippen LogP contribution is 2.45. The Morgan fingerprint density at radius 2 is 1.91 bits per heavy atom. The summed E-state index contributed by atoms with van der Waals surface area (Å²) in [6, 6.07) is 6.75. The minimum atomic E-state index is -2.05. The highest BCUT2D eigenvalue weighted by atomic mass is 16.4. The first-order chi connectivity index (χ1) is 10.5. The van der Waals surface area contributed by atoms with Gasteiger partial charge in [-0.25, -0.2) is 0 Å². The van der Waals surface area contributed by atoms with Gasteiger partial charge < -0.3 is 10.0 Å². The topological polar surface area (TPSA) is 74.7 Å². The van der Waals surface area contributed by atoms with E-state index >= 15 is 0 Å². The van der Waals surface area contributed by atoms with E-state index in [1.54, 1.807) is 31.2 Å². The number of hydrogen-bond acceptors (Lipinski definition) is 3. The molecule has 5 nitrogen and oxygen atoms in total. The average molecular weight is 301 g/mol. The Hall–Kier alpha value is -2.17. The molecule has 0 aromatic heterocycles. The predicted molar refractivity (Wildman–Crippen MR) is 80.7 cm³/mol. The van der Waals surface area contributed by atoms with Gasteiger partial charge in [0.2, 0.25) is 5.41 Å². The first-order valence-corrected chi connectivity index (χ1v) is 7.74. The van der Waals surface area contributed by atoms with E-state index in [-0.39, 0.29) is 5.92 Å². The first-order valence-electron chi connectivity index (χ1n) is 7.74. The quantitative estimate of drug-likeness (QED) is 0.865. The van der Waals surface area contributed by atoms with Gasteiger partial charge in [0, 0.05) is 23.7 Å². The van der Waals surface area contributed by atoms with Gasteiger partial charge in [0.25, 0.3) is 5.91 Å². The van der Waals surface area contributed by atoms with Gasteiger partial charge >= 0.3 is 5.97 Å². The zero-order chi connectivity index (χ0) is 15.9. The van der Waals surface area contributed by atoms with Crippen molar-refractivity contribution in [3.8, 4) is 0 Å². The van der Waals surface area contributed by atoms with Crippen molar-refractivity contribution in [2.45, 2.75) is 38.0 Å². The monoisotopic (exact) mass is 301 g/mol. The van der Waals surface area contributed by atoms with Gasteiger partial charge in [-0.15, -0.1) is 0 Å². The van der Waals surface area contributed by atoms with Crippen LogP contribution in [0.25, 0.3) is 0 Å². The van der Waals surface area contributed by atoms with Crippen LogP contribution in [-0.2, 0) is 19.8 Å². The number of anilines is 1. The summed E-state index contributed by atoms with van der Waals surface area (Å²) < 4.78 is 0. The Morgan fingerprint density at radius 3 is 2.50 bits per heavy atom. The molecular weight excluding hydrogens is 282 g/mol. The third kappa shape index (κ3) is 1.74. The largest absolute Gasteiger partial charge is 0.480 e. The third-order valence-corrected chi connectivity index (χ3v) is 4.90. The molecule has 22 heavy (non-hydrogen) atoms. The van der Waals surface area contributed by atoms with Crippen LogP contribution in [0.15, 0.2) is 24.3 Å². The molecule has 5 heteroatoms. The number of aliphatic carboxylic acids is 1. The molecule has 1 N–H and O–H groups in total. The van der Waals surface area contributed by atoms with Gasteiger partial charge in [-0.05, 0) is 25.8 Å². The lowest BCUT2D eigenvalue weighted by molar-refractivity contribution is -0.154. The molecule has 1 saturated carbocycles. The van der Waals surface area contributed by atoms with Crippen LogP contribution in [0.3, 0.4) is 0 Å². The second-order valence-corrected chi connectivity index (χ2v) is 5.97. The molecule has 1 aliphatic carbocycles. The van der Waals surface area contributed by atoms with Gasteiger partial charge in [-0.1, -0.05) is 31.0 Å². The third-order valence-electron chi connectivity index (χ3n) is 4.90. The molecule has 0 bridgehead atoms. The summed E-state index contributed by atoms with van der Waals surface area (Å²) in [6.45, 7) is 2.13. The zero-order valence-corrected chi connectivity index (χ0v) is 12.5. The van der Waals surface area contributed by atoms with Gasteiger partial charge in [0.05, 0.1) is 0 Å². The molecule has 1 aromatic rings. The Bertz CT molecular complexity index is 648. The lowest BCUT2D eigenvalue weighted by Crippen LogP contribution is -2.53. The maximum absolute atomic E-state index is 13.0. The highest BCUT2D eigenvalue weighted by Gasteiger charge is 2.62. The van der Waals surface area contributed by atoms with Gasteiger partial charge in [-0.2, -0.15) is 0 Å². The van der Waals surface area contributed by atoms with E-state index in [4.69, 9.17) is 0 Å². The number of rotatable bonds is 4. The van der Waals surface area contributed by atoms with Crippen LogP contribution in [0.4, 0.5) is 5.69 Å². The molecule has 0 saturated heterocycles. The summed E-state index contributed by atoms with van der Waals surface area (Å²) in [7, 11) is 0. The predicted octanol–water partition coefficient (Wildman–Crippen LogP) is 2.13. The van der Waals surface area contributed by atoms with Crippen LogP contribution < -0.4 is 4.90 Å². The minimum Gasteiger partial charge on any atom is -0.480 e. The van der Waals surface area contributed by atoms with E-state index in [1.807, 2.05) is 0 Å². The summed E-state index contributed by atoms with van der Waals surface area (Å²) in [5.74, 6) is -2.73. The number of carbonyl (C=O) groups excluding carboxylic acids is 2. The molecule has 2 aliphatic rings. The van der Waals surface area contributed by atoms with Crippen molar-refractivity contribution in [2.24, 2.45) is 5.92 Å². The number of carboxylic acid groups (broad SMARTS) is 1. The average Bonchev–Trinajstić information content (AvgIpc) is 3.11. The van der Waals surface area contributed by atoms with Crippen molar-refractivity contribution in [1.29, 1.82) is 0 Å². The van der Waals surface area contributed by atoms with Crippen molar-refractivity contribution < 1.29 is 19.5 Å². The number of hydrogen-bond donors (Lipinski definition) is 1. The van der Waals surface area contributed by atoms with Gasteiger partial charge in [0.15, 0.2) is 5.78 Å². The van der Waals surface area contributed by atoms with Crippen LogP contribution in [0.1, 0.15) is 38.2 Å². The standard InChI is InChI=1S/C17H19NO4/c1-2-18-13-10-6-5-9-12(13)17(15(18)20,16(21)22)14(19)11-7-3-4-8-11/h5-6,9-11H,2-4,7-8H2,1H3,(H,21,22). The molecule has 0 spiro atoms. The highest BCUT2D eigenvalue weighted by molar-refractivity contribution is 6.34. The van der Waals surface area contributed by atoms with Crippen LogP contribution in [0.5, 0.6) is 0 Å². The minimum absolute atomic E-state index is 0.325. The molecule has 1 amide bonds. The number of para-hydroxylation sites is 1. The number of carbonyl (C=O) groups is 3. The Labute approximate surface area is 128 Å². The Kier molecular flexibility index (Phi) is 3.51. The van der Waals surface area contributed by atoms with E-state index in [9.17, 15) is 19.5 Å². The molecule has 1 aliphatic heterocycles. The maximum Gasteiger partial charge on any atom is 0.331 e. The van der Waals surface area contributed by atoms with E-state index < -0.39 is 23.1 Å².